The fourth-order valence-electron chi connectivity index (χ4n) is 3.82. The zero-order chi connectivity index (χ0) is 21.5. The molecule has 0 saturated heterocycles. The van der Waals surface area contributed by atoms with E-state index in [0.717, 1.165) is 32.1 Å². The highest BCUT2D eigenvalue weighted by atomic mass is 16.6. The van der Waals surface area contributed by atoms with E-state index in [1.54, 1.807) is 27.9 Å². The zero-order valence-corrected chi connectivity index (χ0v) is 19.2. The van der Waals surface area contributed by atoms with Crippen molar-refractivity contribution in [2.75, 3.05) is 14.1 Å². The third-order valence-corrected chi connectivity index (χ3v) is 5.77. The van der Waals surface area contributed by atoms with E-state index in [1.165, 1.54) is 0 Å². The van der Waals surface area contributed by atoms with E-state index in [4.69, 9.17) is 9.47 Å². The van der Waals surface area contributed by atoms with Gasteiger partial charge in [0.15, 0.2) is 0 Å². The number of hydrogen-bond acceptors (Lipinski definition) is 4. The summed E-state index contributed by atoms with van der Waals surface area (Å²) in [5.41, 5.74) is -2.05. The van der Waals surface area contributed by atoms with Gasteiger partial charge in [-0.1, -0.05) is 34.1 Å². The summed E-state index contributed by atoms with van der Waals surface area (Å²) in [5.74, 6) is -0.137. The normalized spacial score (nSPS) is 18.6. The smallest absolute Gasteiger partial charge is 0.407 e. The van der Waals surface area contributed by atoms with Gasteiger partial charge in [0.1, 0.15) is 11.2 Å². The highest BCUT2D eigenvalue weighted by Crippen LogP contribution is 2.44. The number of nitrogens with one attached hydrogen (secondary N) is 2. The Kier molecular flexibility index (Phi) is 9.29. The molecule has 0 aromatic rings. The Balaban J connectivity index is 5.53. The first kappa shape index (κ1) is 25.7. The van der Waals surface area contributed by atoms with Gasteiger partial charge in [-0.2, -0.15) is 0 Å². The molecule has 0 heterocycles. The van der Waals surface area contributed by atoms with Crippen molar-refractivity contribution in [3.05, 3.63) is 0 Å². The van der Waals surface area contributed by atoms with E-state index in [0.29, 0.717) is 0 Å². The zero-order valence-electron chi connectivity index (χ0n) is 19.2. The maximum absolute atomic E-state index is 12.2. The van der Waals surface area contributed by atoms with Crippen LogP contribution in [0.2, 0.25) is 0 Å². The maximum Gasteiger partial charge on any atom is 0.407 e. The van der Waals surface area contributed by atoms with Crippen LogP contribution in [0, 0.1) is 5.41 Å². The Morgan fingerprint density at radius 1 is 0.778 bits per heavy atom. The van der Waals surface area contributed by atoms with Crippen molar-refractivity contribution in [3.8, 4) is 0 Å². The predicted molar refractivity (Wildman–Crippen MR) is 110 cm³/mol. The lowest BCUT2D eigenvalue weighted by molar-refractivity contribution is -0.175. The molecular formula is C21H42N2O4. The summed E-state index contributed by atoms with van der Waals surface area (Å²) in [4.78, 5) is 24.0. The second kappa shape index (κ2) is 9.76. The number of rotatable bonds is 11. The van der Waals surface area contributed by atoms with Crippen LogP contribution in [-0.4, -0.2) is 42.9 Å². The van der Waals surface area contributed by atoms with Gasteiger partial charge >= 0.3 is 6.09 Å². The minimum atomic E-state index is -0.916. The highest BCUT2D eigenvalue weighted by molar-refractivity contribution is 5.84. The molecule has 2 N–H and O–H groups in total. The molecule has 3 unspecified atom stereocenters. The minimum Gasteiger partial charge on any atom is -0.443 e. The SMILES string of the molecule is CCC(C)(CC(C)(CC)OC(=O)NC)CC(C)(CC)OC(C)(C)C(=O)NC. The molecule has 0 aliphatic rings. The molecule has 0 saturated carbocycles. The summed E-state index contributed by atoms with van der Waals surface area (Å²) >= 11 is 0. The van der Waals surface area contributed by atoms with Crippen LogP contribution in [0.3, 0.4) is 0 Å². The second-order valence-corrected chi connectivity index (χ2v) is 8.96. The number of amides is 2. The first-order valence-corrected chi connectivity index (χ1v) is 10.1. The summed E-state index contributed by atoms with van der Waals surface area (Å²) in [6.07, 6.45) is 3.50. The third kappa shape index (κ3) is 7.68. The number of ether oxygens (including phenoxy) is 2. The van der Waals surface area contributed by atoms with Gasteiger partial charge in [0, 0.05) is 14.1 Å². The van der Waals surface area contributed by atoms with Crippen molar-refractivity contribution >= 4 is 12.0 Å². The monoisotopic (exact) mass is 386 g/mol. The number of carbonyl (C=O) groups excluding carboxylic acids is 2. The number of carbonyl (C=O) groups is 2. The van der Waals surface area contributed by atoms with Gasteiger partial charge in [-0.05, 0) is 58.8 Å². The average Bonchev–Trinajstić information content (AvgIpc) is 2.59. The molecule has 0 bridgehead atoms. The van der Waals surface area contributed by atoms with Gasteiger partial charge in [-0.3, -0.25) is 4.79 Å². The van der Waals surface area contributed by atoms with Gasteiger partial charge < -0.3 is 20.1 Å². The van der Waals surface area contributed by atoms with Crippen LogP contribution in [0.4, 0.5) is 4.79 Å². The summed E-state index contributed by atoms with van der Waals surface area (Å²) in [6.45, 7) is 16.1. The van der Waals surface area contributed by atoms with Crippen LogP contribution in [0.25, 0.3) is 0 Å². The van der Waals surface area contributed by atoms with Crippen LogP contribution in [-0.2, 0) is 14.3 Å². The van der Waals surface area contributed by atoms with Gasteiger partial charge in [-0.25, -0.2) is 4.79 Å². The Labute approximate surface area is 166 Å². The molecule has 6 nitrogen and oxygen atoms in total. The van der Waals surface area contributed by atoms with Gasteiger partial charge in [-0.15, -0.1) is 0 Å². The lowest BCUT2D eigenvalue weighted by atomic mass is 9.69. The van der Waals surface area contributed by atoms with Gasteiger partial charge in [0.25, 0.3) is 5.91 Å². The van der Waals surface area contributed by atoms with Crippen molar-refractivity contribution < 1.29 is 19.1 Å². The molecule has 3 atom stereocenters. The van der Waals surface area contributed by atoms with Crippen LogP contribution in [0.5, 0.6) is 0 Å². The molecule has 0 spiro atoms. The predicted octanol–water partition coefficient (Wildman–Crippen LogP) is 4.42. The van der Waals surface area contributed by atoms with E-state index in [9.17, 15) is 9.59 Å². The quantitative estimate of drug-likeness (QED) is 0.551. The largest absolute Gasteiger partial charge is 0.443 e. The molecule has 6 heteroatoms. The van der Waals surface area contributed by atoms with Crippen molar-refractivity contribution in [1.29, 1.82) is 0 Å². The third-order valence-electron chi connectivity index (χ3n) is 5.77. The van der Waals surface area contributed by atoms with Gasteiger partial charge in [0.05, 0.1) is 5.60 Å². The minimum absolute atomic E-state index is 0.109. The molecule has 27 heavy (non-hydrogen) atoms. The molecule has 2 amide bonds. The van der Waals surface area contributed by atoms with Crippen LogP contribution < -0.4 is 10.6 Å². The second-order valence-electron chi connectivity index (χ2n) is 8.96. The lowest BCUT2D eigenvalue weighted by Gasteiger charge is -2.45. The van der Waals surface area contributed by atoms with Crippen molar-refractivity contribution in [3.63, 3.8) is 0 Å². The maximum atomic E-state index is 12.2. The molecule has 0 aliphatic heterocycles. The Bertz CT molecular complexity index is 508. The molecular weight excluding hydrogens is 344 g/mol. The molecule has 0 radical (unpaired) electrons. The van der Waals surface area contributed by atoms with Gasteiger partial charge in [0.2, 0.25) is 0 Å². The Morgan fingerprint density at radius 2 is 1.26 bits per heavy atom. The van der Waals surface area contributed by atoms with Crippen LogP contribution in [0.15, 0.2) is 0 Å². The molecule has 0 rings (SSSR count). The average molecular weight is 387 g/mol. The highest BCUT2D eigenvalue weighted by Gasteiger charge is 2.44. The number of hydrogen-bond donors (Lipinski definition) is 2. The summed E-state index contributed by atoms with van der Waals surface area (Å²) in [7, 11) is 3.19. The van der Waals surface area contributed by atoms with E-state index < -0.39 is 22.9 Å². The fraction of sp³-hybridized carbons (Fsp3) is 0.905. The van der Waals surface area contributed by atoms with Crippen LogP contribution in [0.1, 0.15) is 87.5 Å². The van der Waals surface area contributed by atoms with Crippen molar-refractivity contribution in [1.82, 2.24) is 10.6 Å². The van der Waals surface area contributed by atoms with Crippen molar-refractivity contribution in [2.24, 2.45) is 5.41 Å². The van der Waals surface area contributed by atoms with E-state index in [1.807, 2.05) is 13.8 Å². The first-order chi connectivity index (χ1) is 12.2. The summed E-state index contributed by atoms with van der Waals surface area (Å²) in [6, 6.07) is 0. The summed E-state index contributed by atoms with van der Waals surface area (Å²) in [5, 5.41) is 5.21. The Hall–Kier alpha value is -1.30. The summed E-state index contributed by atoms with van der Waals surface area (Å²) < 4.78 is 12.0. The van der Waals surface area contributed by atoms with Crippen LogP contribution >= 0.6 is 0 Å². The van der Waals surface area contributed by atoms with E-state index in [-0.39, 0.29) is 11.3 Å². The standard InChI is InChI=1S/C21H42N2O4/c1-11-19(6,14-20(7,12-2)26-17(25)23-10)15-21(8,13-3)27-18(4,5)16(24)22-9/h11-15H2,1-10H3,(H,22,24)(H,23,25). The lowest BCUT2D eigenvalue weighted by Crippen LogP contribution is -2.50. The molecule has 0 aromatic heterocycles. The molecule has 0 aliphatic carbocycles. The first-order valence-electron chi connectivity index (χ1n) is 10.1. The number of alkyl carbamates (subject to hydrolysis) is 1. The van der Waals surface area contributed by atoms with E-state index >= 15 is 0 Å². The fourth-order valence-corrected chi connectivity index (χ4v) is 3.82. The number of likely N-dealkylation sites (N-methyl/N-ethyl adjacent to an activating group) is 1. The molecule has 0 fully saturated rings. The Morgan fingerprint density at radius 3 is 1.63 bits per heavy atom. The molecule has 160 valence electrons. The van der Waals surface area contributed by atoms with Crippen molar-refractivity contribution in [2.45, 2.75) is 104 Å². The van der Waals surface area contributed by atoms with E-state index in [2.05, 4.69) is 38.3 Å². The topological polar surface area (TPSA) is 76.7 Å². The molecule has 0 aromatic carbocycles.